The molecule has 0 aliphatic carbocycles. The van der Waals surface area contributed by atoms with Crippen LogP contribution in [0.3, 0.4) is 0 Å². The summed E-state index contributed by atoms with van der Waals surface area (Å²) in [7, 11) is 3.36. The van der Waals surface area contributed by atoms with Crippen molar-refractivity contribution in [3.05, 3.63) is 82.4 Å². The van der Waals surface area contributed by atoms with Crippen LogP contribution in [0.25, 0.3) is 16.9 Å². The van der Waals surface area contributed by atoms with E-state index in [-0.39, 0.29) is 22.4 Å². The fourth-order valence-corrected chi connectivity index (χ4v) is 5.29. The standard InChI is InChI=1S/C28H29ClF3N7O2/c1-16-26(18-12-33-37(2)13-18)36-39(24-6-4-5-20(29)25(24)32)27(16)35-28(40)34-23-15-38(9-10-41-3)14-19(23)17-7-8-21(30)22(31)11-17/h4-8,11-13,19,23H,9-10,14-15H2,1-3H3,(H2,34,35,40). The number of aromatic nitrogens is 4. The fourth-order valence-electron chi connectivity index (χ4n) is 5.12. The van der Waals surface area contributed by atoms with E-state index < -0.39 is 29.5 Å². The molecule has 0 bridgehead atoms. The van der Waals surface area contributed by atoms with Gasteiger partial charge in [0, 0.05) is 57.0 Å². The zero-order valence-corrected chi connectivity index (χ0v) is 23.4. The molecule has 13 heteroatoms. The van der Waals surface area contributed by atoms with Crippen LogP contribution in [0.1, 0.15) is 17.0 Å². The van der Waals surface area contributed by atoms with Crippen molar-refractivity contribution in [1.29, 1.82) is 0 Å². The van der Waals surface area contributed by atoms with Crippen LogP contribution in [-0.2, 0) is 11.8 Å². The molecule has 1 saturated heterocycles. The zero-order valence-electron chi connectivity index (χ0n) is 22.7. The second kappa shape index (κ2) is 11.9. The van der Waals surface area contributed by atoms with E-state index in [0.29, 0.717) is 48.6 Å². The van der Waals surface area contributed by atoms with E-state index >= 15 is 4.39 Å². The maximum Gasteiger partial charge on any atom is 0.320 e. The quantitative estimate of drug-likeness (QED) is 0.307. The first-order valence-electron chi connectivity index (χ1n) is 12.9. The Morgan fingerprint density at radius 3 is 2.68 bits per heavy atom. The Balaban J connectivity index is 1.46. The molecule has 0 saturated carbocycles. The zero-order chi connectivity index (χ0) is 29.3. The van der Waals surface area contributed by atoms with E-state index in [4.69, 9.17) is 16.3 Å². The molecule has 5 rings (SSSR count). The highest BCUT2D eigenvalue weighted by Gasteiger charge is 2.35. The van der Waals surface area contributed by atoms with Crippen molar-refractivity contribution in [2.75, 3.05) is 38.7 Å². The summed E-state index contributed by atoms with van der Waals surface area (Å²) in [5.74, 6) is -2.66. The van der Waals surface area contributed by atoms with Crippen molar-refractivity contribution in [3.63, 3.8) is 0 Å². The first-order valence-corrected chi connectivity index (χ1v) is 13.3. The molecule has 2 N–H and O–H groups in total. The molecule has 2 atom stereocenters. The molecule has 1 aliphatic rings. The summed E-state index contributed by atoms with van der Waals surface area (Å²) in [5.41, 5.74) is 2.38. The SMILES string of the molecule is COCCN1CC(NC(=O)Nc2c(C)c(-c3cnn(C)c3)nn2-c2cccc(Cl)c2F)C(c2ccc(F)c(F)c2)C1. The number of amides is 2. The van der Waals surface area contributed by atoms with Crippen LogP contribution in [0, 0.1) is 24.4 Å². The van der Waals surface area contributed by atoms with Gasteiger partial charge in [-0.05, 0) is 36.8 Å². The maximum absolute atomic E-state index is 15.1. The third-order valence-corrected chi connectivity index (χ3v) is 7.48. The first kappa shape index (κ1) is 28.7. The molecule has 9 nitrogen and oxygen atoms in total. The molecule has 1 fully saturated rings. The number of halogens is 4. The number of hydrogen-bond acceptors (Lipinski definition) is 5. The number of anilines is 1. The van der Waals surface area contributed by atoms with Gasteiger partial charge in [-0.3, -0.25) is 14.9 Å². The number of hydrogen-bond donors (Lipinski definition) is 2. The monoisotopic (exact) mass is 587 g/mol. The number of nitrogens with one attached hydrogen (secondary N) is 2. The van der Waals surface area contributed by atoms with Crippen LogP contribution >= 0.6 is 11.6 Å². The highest BCUT2D eigenvalue weighted by molar-refractivity contribution is 6.30. The summed E-state index contributed by atoms with van der Waals surface area (Å²) >= 11 is 6.05. The fraction of sp³-hybridized carbons (Fsp3) is 0.321. The summed E-state index contributed by atoms with van der Waals surface area (Å²) in [6.07, 6.45) is 3.38. The summed E-state index contributed by atoms with van der Waals surface area (Å²) < 4.78 is 51.0. The van der Waals surface area contributed by atoms with E-state index in [9.17, 15) is 13.6 Å². The minimum Gasteiger partial charge on any atom is -0.383 e. The Hall–Kier alpha value is -3.87. The van der Waals surface area contributed by atoms with Crippen molar-refractivity contribution in [3.8, 4) is 16.9 Å². The summed E-state index contributed by atoms with van der Waals surface area (Å²) in [6.45, 7) is 3.81. The molecule has 4 aromatic rings. The number of urea groups is 1. The molecule has 2 unspecified atom stereocenters. The van der Waals surface area contributed by atoms with Crippen LogP contribution in [-0.4, -0.2) is 69.9 Å². The molecule has 41 heavy (non-hydrogen) atoms. The van der Waals surface area contributed by atoms with Gasteiger partial charge in [0.2, 0.25) is 0 Å². The van der Waals surface area contributed by atoms with E-state index in [0.717, 1.165) is 12.1 Å². The molecule has 2 aromatic carbocycles. The summed E-state index contributed by atoms with van der Waals surface area (Å²) in [6, 6.07) is 7.28. The number of methoxy groups -OCH3 is 1. The topological polar surface area (TPSA) is 89.2 Å². The predicted molar refractivity (Wildman–Crippen MR) is 149 cm³/mol. The molecular weight excluding hydrogens is 559 g/mol. The second-order valence-corrected chi connectivity index (χ2v) is 10.4. The third-order valence-electron chi connectivity index (χ3n) is 7.19. The van der Waals surface area contributed by atoms with E-state index in [1.807, 2.05) is 0 Å². The number of carbonyl (C=O) groups excluding carboxylic acids is 1. The molecule has 2 amide bonds. The Morgan fingerprint density at radius 1 is 1.17 bits per heavy atom. The van der Waals surface area contributed by atoms with Crippen LogP contribution in [0.2, 0.25) is 5.02 Å². The van der Waals surface area contributed by atoms with Gasteiger partial charge in [0.1, 0.15) is 17.2 Å². The molecule has 2 aromatic heterocycles. The number of ether oxygens (including phenoxy) is 1. The Labute approximate surface area is 239 Å². The Morgan fingerprint density at radius 2 is 1.98 bits per heavy atom. The number of likely N-dealkylation sites (tertiary alicyclic amines) is 1. The molecule has 3 heterocycles. The molecule has 1 aliphatic heterocycles. The van der Waals surface area contributed by atoms with Crippen LogP contribution in [0.5, 0.6) is 0 Å². The summed E-state index contributed by atoms with van der Waals surface area (Å²) in [5, 5.41) is 14.5. The average molecular weight is 588 g/mol. The van der Waals surface area contributed by atoms with Gasteiger partial charge in [0.25, 0.3) is 0 Å². The average Bonchev–Trinajstić information content (AvgIpc) is 3.64. The highest BCUT2D eigenvalue weighted by atomic mass is 35.5. The predicted octanol–water partition coefficient (Wildman–Crippen LogP) is 4.89. The largest absolute Gasteiger partial charge is 0.383 e. The minimum absolute atomic E-state index is 0.0531. The van der Waals surface area contributed by atoms with Gasteiger partial charge >= 0.3 is 6.03 Å². The van der Waals surface area contributed by atoms with Crippen molar-refractivity contribution >= 4 is 23.4 Å². The van der Waals surface area contributed by atoms with Gasteiger partial charge in [0.05, 0.1) is 23.9 Å². The summed E-state index contributed by atoms with van der Waals surface area (Å²) in [4.78, 5) is 15.5. The van der Waals surface area contributed by atoms with Crippen molar-refractivity contribution < 1.29 is 22.7 Å². The minimum atomic E-state index is -0.952. The van der Waals surface area contributed by atoms with Crippen LogP contribution in [0.15, 0.2) is 48.8 Å². The molecule has 0 spiro atoms. The number of benzene rings is 2. The lowest BCUT2D eigenvalue weighted by Gasteiger charge is -2.21. The number of aryl methyl sites for hydroxylation is 1. The first-order chi connectivity index (χ1) is 19.7. The Kier molecular flexibility index (Phi) is 8.34. The van der Waals surface area contributed by atoms with Gasteiger partial charge in [-0.25, -0.2) is 22.6 Å². The number of carbonyl (C=O) groups is 1. The van der Waals surface area contributed by atoms with E-state index in [1.54, 1.807) is 44.2 Å². The maximum atomic E-state index is 15.1. The van der Waals surface area contributed by atoms with Crippen LogP contribution in [0.4, 0.5) is 23.8 Å². The third kappa shape index (κ3) is 5.95. The van der Waals surface area contributed by atoms with Gasteiger partial charge in [-0.2, -0.15) is 10.2 Å². The van der Waals surface area contributed by atoms with Crippen molar-refractivity contribution in [2.45, 2.75) is 18.9 Å². The molecule has 0 radical (unpaired) electrons. The van der Waals surface area contributed by atoms with Gasteiger partial charge in [-0.15, -0.1) is 0 Å². The van der Waals surface area contributed by atoms with Gasteiger partial charge < -0.3 is 10.1 Å². The van der Waals surface area contributed by atoms with Crippen molar-refractivity contribution in [1.82, 2.24) is 29.8 Å². The molecular formula is C28H29ClF3N7O2. The normalized spacial score (nSPS) is 17.2. The number of nitrogens with zero attached hydrogens (tertiary/aromatic N) is 5. The van der Waals surface area contributed by atoms with Crippen molar-refractivity contribution in [2.24, 2.45) is 7.05 Å². The lowest BCUT2D eigenvalue weighted by molar-refractivity contribution is 0.159. The van der Waals surface area contributed by atoms with Gasteiger partial charge in [-0.1, -0.05) is 23.7 Å². The Bertz CT molecular complexity index is 1570. The lowest BCUT2D eigenvalue weighted by Crippen LogP contribution is -2.42. The van der Waals surface area contributed by atoms with E-state index in [1.165, 1.54) is 22.9 Å². The van der Waals surface area contributed by atoms with E-state index in [2.05, 4.69) is 25.7 Å². The second-order valence-electron chi connectivity index (χ2n) is 9.95. The molecule has 216 valence electrons. The smallest absolute Gasteiger partial charge is 0.320 e. The highest BCUT2D eigenvalue weighted by Crippen LogP contribution is 2.33. The van der Waals surface area contributed by atoms with Crippen LogP contribution < -0.4 is 10.6 Å². The number of rotatable bonds is 8. The van der Waals surface area contributed by atoms with Gasteiger partial charge in [0.15, 0.2) is 17.5 Å². The lowest BCUT2D eigenvalue weighted by atomic mass is 9.94.